The van der Waals surface area contributed by atoms with Crippen molar-refractivity contribution in [2.24, 2.45) is 0 Å². The SMILES string of the molecule is CCCCCCl.S.[LiH]. The summed E-state index contributed by atoms with van der Waals surface area (Å²) in [5.41, 5.74) is 0. The molecule has 0 saturated heterocycles. The van der Waals surface area contributed by atoms with Crippen LogP contribution in [0.25, 0.3) is 0 Å². The van der Waals surface area contributed by atoms with Gasteiger partial charge in [0.25, 0.3) is 0 Å². The van der Waals surface area contributed by atoms with Crippen molar-refractivity contribution in [1.29, 1.82) is 0 Å². The Labute approximate surface area is 76.0 Å². The van der Waals surface area contributed by atoms with E-state index in [-0.39, 0.29) is 32.4 Å². The van der Waals surface area contributed by atoms with E-state index < -0.39 is 0 Å². The van der Waals surface area contributed by atoms with Crippen molar-refractivity contribution in [3.63, 3.8) is 0 Å². The monoisotopic (exact) mass is 148 g/mol. The Morgan fingerprint density at radius 2 is 1.75 bits per heavy atom. The van der Waals surface area contributed by atoms with Gasteiger partial charge in [0.05, 0.1) is 0 Å². The Kier molecular flexibility index (Phi) is 31.7. The first-order valence-electron chi connectivity index (χ1n) is 2.47. The summed E-state index contributed by atoms with van der Waals surface area (Å²) in [5.74, 6) is 0.827. The first-order chi connectivity index (χ1) is 2.91. The Morgan fingerprint density at radius 1 is 1.25 bits per heavy atom. The molecule has 0 nitrogen and oxygen atoms in total. The first-order valence-corrected chi connectivity index (χ1v) is 3.01. The summed E-state index contributed by atoms with van der Waals surface area (Å²) < 4.78 is 0. The topological polar surface area (TPSA) is 0 Å². The third kappa shape index (κ3) is 15.7. The van der Waals surface area contributed by atoms with Gasteiger partial charge in [0, 0.05) is 5.88 Å². The third-order valence-electron chi connectivity index (χ3n) is 0.737. The Bertz CT molecular complexity index is 24.4. The van der Waals surface area contributed by atoms with Crippen LogP contribution in [-0.2, 0) is 0 Å². The molecule has 0 aliphatic rings. The molecule has 0 radical (unpaired) electrons. The predicted molar refractivity (Wildman–Crippen MR) is 47.8 cm³/mol. The van der Waals surface area contributed by atoms with Crippen molar-refractivity contribution in [2.45, 2.75) is 26.2 Å². The van der Waals surface area contributed by atoms with Gasteiger partial charge in [-0.15, -0.1) is 11.6 Å². The number of alkyl halides is 1. The van der Waals surface area contributed by atoms with E-state index in [1.165, 1.54) is 19.3 Å². The molecule has 0 N–H and O–H groups in total. The summed E-state index contributed by atoms with van der Waals surface area (Å²) in [5, 5.41) is 0. The molecule has 0 heterocycles. The summed E-state index contributed by atoms with van der Waals surface area (Å²) in [6.45, 7) is 2.17. The molecule has 0 saturated carbocycles. The second-order valence-corrected chi connectivity index (χ2v) is 1.77. The van der Waals surface area contributed by atoms with Gasteiger partial charge in [-0.25, -0.2) is 0 Å². The normalized spacial score (nSPS) is 6.75. The molecule has 0 aromatic rings. The van der Waals surface area contributed by atoms with Gasteiger partial charge in [0.15, 0.2) is 0 Å². The zero-order chi connectivity index (χ0) is 4.83. The molecule has 8 heavy (non-hydrogen) atoms. The Balaban J connectivity index is -0.000000125. The fourth-order valence-electron chi connectivity index (χ4n) is 0.344. The van der Waals surface area contributed by atoms with E-state index in [0.29, 0.717) is 0 Å². The number of halogens is 1. The van der Waals surface area contributed by atoms with Crippen molar-refractivity contribution in [2.75, 3.05) is 5.88 Å². The van der Waals surface area contributed by atoms with Gasteiger partial charge in [-0.05, 0) is 6.42 Å². The van der Waals surface area contributed by atoms with Crippen molar-refractivity contribution in [3.05, 3.63) is 0 Å². The van der Waals surface area contributed by atoms with Gasteiger partial charge in [-0.2, -0.15) is 13.5 Å². The minimum atomic E-state index is 0. The van der Waals surface area contributed by atoms with Crippen LogP contribution in [0.3, 0.4) is 0 Å². The van der Waals surface area contributed by atoms with Gasteiger partial charge in [0.1, 0.15) is 0 Å². The summed E-state index contributed by atoms with van der Waals surface area (Å²) in [6.07, 6.45) is 3.73. The fraction of sp³-hybridized carbons (Fsp3) is 1.00. The van der Waals surface area contributed by atoms with Crippen molar-refractivity contribution < 1.29 is 0 Å². The summed E-state index contributed by atoms with van der Waals surface area (Å²) in [7, 11) is 0. The molecular weight excluding hydrogens is 135 g/mol. The summed E-state index contributed by atoms with van der Waals surface area (Å²) >= 11 is 5.38. The number of hydrogen-bond acceptors (Lipinski definition) is 0. The van der Waals surface area contributed by atoms with Gasteiger partial charge in [-0.3, -0.25) is 0 Å². The molecule has 3 heteroatoms. The van der Waals surface area contributed by atoms with Crippen LogP contribution in [0.15, 0.2) is 0 Å². The molecule has 0 aromatic carbocycles. The fourth-order valence-corrected chi connectivity index (χ4v) is 0.533. The van der Waals surface area contributed by atoms with E-state index in [4.69, 9.17) is 11.6 Å². The van der Waals surface area contributed by atoms with Crippen LogP contribution in [0.1, 0.15) is 26.2 Å². The van der Waals surface area contributed by atoms with Crippen molar-refractivity contribution in [1.82, 2.24) is 0 Å². The number of unbranched alkanes of at least 4 members (excludes halogenated alkanes) is 2. The quantitative estimate of drug-likeness (QED) is 0.326. The van der Waals surface area contributed by atoms with E-state index in [0.717, 1.165) is 5.88 Å². The summed E-state index contributed by atoms with van der Waals surface area (Å²) in [4.78, 5) is 0. The van der Waals surface area contributed by atoms with E-state index in [1.807, 2.05) is 0 Å². The minimum absolute atomic E-state index is 0. The summed E-state index contributed by atoms with van der Waals surface area (Å²) in [6, 6.07) is 0. The zero-order valence-electron chi connectivity index (χ0n) is 4.71. The molecule has 0 rings (SSSR count). The standard InChI is InChI=1S/C5H11Cl.Li.H2S.H/c1-2-3-4-5-6;;;/h2-5H2,1H3;;1H2;. The molecule has 0 bridgehead atoms. The van der Waals surface area contributed by atoms with Crippen LogP contribution in [0.4, 0.5) is 0 Å². The van der Waals surface area contributed by atoms with Crippen molar-refractivity contribution >= 4 is 44.0 Å². The van der Waals surface area contributed by atoms with E-state index in [2.05, 4.69) is 6.92 Å². The molecule has 0 spiro atoms. The average molecular weight is 149 g/mol. The maximum absolute atomic E-state index is 5.38. The van der Waals surface area contributed by atoms with E-state index >= 15 is 0 Å². The van der Waals surface area contributed by atoms with E-state index in [1.54, 1.807) is 0 Å². The third-order valence-corrected chi connectivity index (χ3v) is 1.00. The van der Waals surface area contributed by atoms with Crippen LogP contribution < -0.4 is 0 Å². The zero-order valence-corrected chi connectivity index (χ0v) is 6.46. The molecule has 0 aromatic heterocycles. The molecular formula is C5H14ClLiS. The second kappa shape index (κ2) is 15.7. The number of rotatable bonds is 3. The van der Waals surface area contributed by atoms with Gasteiger partial charge in [-0.1, -0.05) is 19.8 Å². The molecule has 0 aliphatic heterocycles. The predicted octanol–water partition coefficient (Wildman–Crippen LogP) is 1.88. The van der Waals surface area contributed by atoms with E-state index in [9.17, 15) is 0 Å². The van der Waals surface area contributed by atoms with Crippen LogP contribution in [0, 0.1) is 0 Å². The van der Waals surface area contributed by atoms with Crippen LogP contribution in [0.5, 0.6) is 0 Å². The second-order valence-electron chi connectivity index (χ2n) is 1.40. The first kappa shape index (κ1) is 16.1. The molecule has 0 amide bonds. The van der Waals surface area contributed by atoms with Gasteiger partial charge >= 0.3 is 18.9 Å². The Morgan fingerprint density at radius 3 is 1.88 bits per heavy atom. The van der Waals surface area contributed by atoms with Gasteiger partial charge in [0.2, 0.25) is 0 Å². The average Bonchev–Trinajstić information content (AvgIpc) is 1.61. The van der Waals surface area contributed by atoms with Gasteiger partial charge < -0.3 is 0 Å². The molecule has 0 unspecified atom stereocenters. The van der Waals surface area contributed by atoms with Crippen molar-refractivity contribution in [3.8, 4) is 0 Å². The van der Waals surface area contributed by atoms with Crippen LogP contribution in [-0.4, -0.2) is 24.7 Å². The van der Waals surface area contributed by atoms with Crippen LogP contribution >= 0.6 is 25.1 Å². The molecule has 48 valence electrons. The molecule has 0 fully saturated rings. The molecule has 0 aliphatic carbocycles. The molecule has 0 atom stereocenters. The number of hydrogen-bond donors (Lipinski definition) is 0. The Hall–Kier alpha value is 1.24. The maximum atomic E-state index is 5.38. The van der Waals surface area contributed by atoms with Crippen LogP contribution in [0.2, 0.25) is 0 Å².